The molecule has 1 heterocycles. The van der Waals surface area contributed by atoms with Crippen LogP contribution in [0.5, 0.6) is 0 Å². The second kappa shape index (κ2) is 5.65. The van der Waals surface area contributed by atoms with Gasteiger partial charge in [-0.1, -0.05) is 35.9 Å². The number of hydrogen-bond donors (Lipinski definition) is 1. The number of nitrogens with zero attached hydrogens (tertiary/aromatic N) is 2. The second-order valence-electron chi connectivity index (χ2n) is 4.63. The van der Waals surface area contributed by atoms with Gasteiger partial charge in [-0.05, 0) is 30.7 Å². The monoisotopic (exact) mass is 286 g/mol. The Morgan fingerprint density at radius 3 is 2.60 bits per heavy atom. The molecule has 0 amide bonds. The first-order chi connectivity index (χ1) is 9.81. The van der Waals surface area contributed by atoms with Gasteiger partial charge in [0.05, 0.1) is 16.1 Å². The smallest absolute Gasteiger partial charge is 0.142 e. The molecule has 1 N–H and O–H groups in total. The van der Waals surface area contributed by atoms with E-state index in [9.17, 15) is 0 Å². The maximum atomic E-state index is 9.09. The molecule has 0 fully saturated rings. The third-order valence-corrected chi connectivity index (χ3v) is 3.64. The summed E-state index contributed by atoms with van der Waals surface area (Å²) in [5, 5.41) is 9.78. The number of aliphatic hydroxyl groups excluding tert-OH is 1. The molecule has 102 valence electrons. The molecule has 0 aliphatic heterocycles. The molecule has 0 saturated heterocycles. The van der Waals surface area contributed by atoms with Crippen LogP contribution in [0.25, 0.3) is 22.4 Å². The van der Waals surface area contributed by atoms with E-state index in [1.54, 1.807) is 0 Å². The summed E-state index contributed by atoms with van der Waals surface area (Å²) in [6.07, 6.45) is 0.692. The fourth-order valence-corrected chi connectivity index (χ4v) is 2.60. The quantitative estimate of drug-likeness (QED) is 0.793. The van der Waals surface area contributed by atoms with E-state index in [-0.39, 0.29) is 6.61 Å². The molecule has 0 saturated carbocycles. The van der Waals surface area contributed by atoms with Crippen molar-refractivity contribution in [1.82, 2.24) is 9.55 Å². The van der Waals surface area contributed by atoms with Crippen molar-refractivity contribution in [1.29, 1.82) is 0 Å². The van der Waals surface area contributed by atoms with Crippen LogP contribution in [-0.4, -0.2) is 21.3 Å². The van der Waals surface area contributed by atoms with Crippen molar-refractivity contribution in [3.63, 3.8) is 0 Å². The van der Waals surface area contributed by atoms with Crippen LogP contribution in [-0.2, 0) is 6.54 Å². The van der Waals surface area contributed by atoms with Gasteiger partial charge in [-0.2, -0.15) is 0 Å². The lowest BCUT2D eigenvalue weighted by Gasteiger charge is -2.09. The van der Waals surface area contributed by atoms with Crippen LogP contribution in [0.4, 0.5) is 0 Å². The Balaban J connectivity index is 2.21. The summed E-state index contributed by atoms with van der Waals surface area (Å²) in [6, 6.07) is 15.7. The highest BCUT2D eigenvalue weighted by molar-refractivity contribution is 6.33. The minimum atomic E-state index is 0.161. The molecule has 0 radical (unpaired) electrons. The normalized spacial score (nSPS) is 11.1. The lowest BCUT2D eigenvalue weighted by Crippen LogP contribution is -2.02. The molecule has 0 bridgehead atoms. The molecule has 2 aromatic carbocycles. The zero-order valence-corrected chi connectivity index (χ0v) is 11.7. The van der Waals surface area contributed by atoms with Crippen LogP contribution < -0.4 is 0 Å². The summed E-state index contributed by atoms with van der Waals surface area (Å²) in [7, 11) is 0. The Bertz CT molecular complexity index is 736. The summed E-state index contributed by atoms with van der Waals surface area (Å²) in [6.45, 7) is 0.881. The van der Waals surface area contributed by atoms with Gasteiger partial charge in [0.1, 0.15) is 5.82 Å². The summed E-state index contributed by atoms with van der Waals surface area (Å²) in [5.74, 6) is 0.852. The lowest BCUT2D eigenvalue weighted by atomic mass is 10.2. The standard InChI is InChI=1S/C16H15ClN2O/c17-13-7-2-1-6-12(13)16-18-14-8-3-4-9-15(14)19(16)10-5-11-20/h1-4,6-9,20H,5,10-11H2. The molecular weight excluding hydrogens is 272 g/mol. The maximum Gasteiger partial charge on any atom is 0.142 e. The number of aryl methyl sites for hydroxylation is 1. The third-order valence-electron chi connectivity index (χ3n) is 3.31. The first kappa shape index (κ1) is 13.2. The first-order valence-corrected chi connectivity index (χ1v) is 7.00. The van der Waals surface area contributed by atoms with Crippen molar-refractivity contribution in [3.8, 4) is 11.4 Å². The van der Waals surface area contributed by atoms with Gasteiger partial charge in [-0.15, -0.1) is 0 Å². The zero-order chi connectivity index (χ0) is 13.9. The number of benzene rings is 2. The molecule has 0 atom stereocenters. The highest BCUT2D eigenvalue weighted by atomic mass is 35.5. The largest absolute Gasteiger partial charge is 0.396 e. The Labute approximate surface area is 122 Å². The summed E-state index contributed by atoms with van der Waals surface area (Å²) in [4.78, 5) is 4.69. The zero-order valence-electron chi connectivity index (χ0n) is 11.0. The van der Waals surface area contributed by atoms with Crippen LogP contribution in [0.15, 0.2) is 48.5 Å². The van der Waals surface area contributed by atoms with E-state index < -0.39 is 0 Å². The van der Waals surface area contributed by atoms with Gasteiger partial charge in [0, 0.05) is 18.7 Å². The van der Waals surface area contributed by atoms with E-state index in [4.69, 9.17) is 21.7 Å². The molecule has 1 aromatic heterocycles. The van der Waals surface area contributed by atoms with Gasteiger partial charge < -0.3 is 9.67 Å². The number of fused-ring (bicyclic) bond motifs is 1. The number of rotatable bonds is 4. The lowest BCUT2D eigenvalue weighted by molar-refractivity contribution is 0.281. The van der Waals surface area contributed by atoms with Gasteiger partial charge in [-0.3, -0.25) is 0 Å². The Kier molecular flexibility index (Phi) is 3.72. The molecule has 0 aliphatic rings. The predicted molar refractivity (Wildman–Crippen MR) is 81.9 cm³/mol. The predicted octanol–water partition coefficient (Wildman–Crippen LogP) is 3.74. The fourth-order valence-electron chi connectivity index (χ4n) is 2.38. The van der Waals surface area contributed by atoms with Gasteiger partial charge in [-0.25, -0.2) is 4.98 Å². The van der Waals surface area contributed by atoms with Gasteiger partial charge in [0.15, 0.2) is 0 Å². The van der Waals surface area contributed by atoms with Crippen molar-refractivity contribution in [2.75, 3.05) is 6.61 Å². The number of aromatic nitrogens is 2. The summed E-state index contributed by atoms with van der Waals surface area (Å²) >= 11 is 6.29. The Morgan fingerprint density at radius 1 is 1.05 bits per heavy atom. The third kappa shape index (κ3) is 2.30. The number of para-hydroxylation sites is 2. The Hall–Kier alpha value is -1.84. The number of halogens is 1. The van der Waals surface area contributed by atoms with Crippen LogP contribution in [0.2, 0.25) is 5.02 Å². The molecule has 20 heavy (non-hydrogen) atoms. The van der Waals surface area contributed by atoms with Crippen molar-refractivity contribution in [3.05, 3.63) is 53.6 Å². The van der Waals surface area contributed by atoms with E-state index in [1.807, 2.05) is 48.5 Å². The molecule has 3 rings (SSSR count). The van der Waals surface area contributed by atoms with E-state index in [1.165, 1.54) is 0 Å². The van der Waals surface area contributed by atoms with Crippen molar-refractivity contribution in [2.45, 2.75) is 13.0 Å². The molecule has 0 spiro atoms. The minimum absolute atomic E-state index is 0.161. The van der Waals surface area contributed by atoms with Crippen molar-refractivity contribution in [2.24, 2.45) is 0 Å². The van der Waals surface area contributed by atoms with Crippen LogP contribution in [0.1, 0.15) is 6.42 Å². The SMILES string of the molecule is OCCCn1c(-c2ccccc2Cl)nc2ccccc21. The van der Waals surface area contributed by atoms with E-state index in [0.29, 0.717) is 11.4 Å². The van der Waals surface area contributed by atoms with Crippen LogP contribution in [0.3, 0.4) is 0 Å². The molecule has 0 aliphatic carbocycles. The highest BCUT2D eigenvalue weighted by Crippen LogP contribution is 2.30. The highest BCUT2D eigenvalue weighted by Gasteiger charge is 2.13. The fraction of sp³-hybridized carbons (Fsp3) is 0.188. The van der Waals surface area contributed by atoms with Gasteiger partial charge in [0.25, 0.3) is 0 Å². The van der Waals surface area contributed by atoms with Crippen molar-refractivity contribution < 1.29 is 5.11 Å². The van der Waals surface area contributed by atoms with Crippen molar-refractivity contribution >= 4 is 22.6 Å². The van der Waals surface area contributed by atoms with E-state index >= 15 is 0 Å². The Morgan fingerprint density at radius 2 is 1.80 bits per heavy atom. The van der Waals surface area contributed by atoms with Crippen LogP contribution in [0, 0.1) is 0 Å². The number of hydrogen-bond acceptors (Lipinski definition) is 2. The molecule has 4 heteroatoms. The number of aliphatic hydroxyl groups is 1. The number of imidazole rings is 1. The average Bonchev–Trinajstić information content (AvgIpc) is 2.84. The molecule has 3 aromatic rings. The van der Waals surface area contributed by atoms with E-state index in [2.05, 4.69) is 4.57 Å². The topological polar surface area (TPSA) is 38.0 Å². The van der Waals surface area contributed by atoms with E-state index in [0.717, 1.165) is 29.0 Å². The van der Waals surface area contributed by atoms with Crippen LogP contribution >= 0.6 is 11.6 Å². The summed E-state index contributed by atoms with van der Waals surface area (Å²) < 4.78 is 2.12. The molecule has 3 nitrogen and oxygen atoms in total. The average molecular weight is 287 g/mol. The molecule has 0 unspecified atom stereocenters. The summed E-state index contributed by atoms with van der Waals surface area (Å²) in [5.41, 5.74) is 2.93. The first-order valence-electron chi connectivity index (χ1n) is 6.62. The second-order valence-corrected chi connectivity index (χ2v) is 5.04. The minimum Gasteiger partial charge on any atom is -0.396 e. The maximum absolute atomic E-state index is 9.09. The molecular formula is C16H15ClN2O. The van der Waals surface area contributed by atoms with Gasteiger partial charge >= 0.3 is 0 Å². The van der Waals surface area contributed by atoms with Gasteiger partial charge in [0.2, 0.25) is 0 Å².